The molecule has 0 saturated carbocycles. The highest BCUT2D eigenvalue weighted by atomic mass is 79.9. The largest absolute Gasteiger partial charge is 0.318 e. The Morgan fingerprint density at radius 1 is 1.45 bits per heavy atom. The molecule has 0 fully saturated rings. The van der Waals surface area contributed by atoms with Crippen molar-refractivity contribution in [2.75, 3.05) is 13.6 Å². The third-order valence-corrected chi connectivity index (χ3v) is 5.56. The van der Waals surface area contributed by atoms with E-state index >= 15 is 0 Å². The summed E-state index contributed by atoms with van der Waals surface area (Å²) in [6, 6.07) is 3.78. The molecule has 2 aromatic heterocycles. The highest BCUT2D eigenvalue weighted by Crippen LogP contribution is 2.22. The van der Waals surface area contributed by atoms with Crippen molar-refractivity contribution in [1.29, 1.82) is 0 Å². The molecule has 2 N–H and O–H groups in total. The van der Waals surface area contributed by atoms with Gasteiger partial charge in [-0.05, 0) is 35.1 Å². The van der Waals surface area contributed by atoms with E-state index < -0.39 is 10.0 Å². The second-order valence-corrected chi connectivity index (χ2v) is 8.39. The summed E-state index contributed by atoms with van der Waals surface area (Å²) in [5.74, 6) is 0. The van der Waals surface area contributed by atoms with E-state index in [1.54, 1.807) is 4.68 Å². The number of halogens is 1. The maximum atomic E-state index is 12.1. The second kappa shape index (κ2) is 6.81. The molecule has 0 radical (unpaired) electrons. The number of nitrogens with one attached hydrogen (secondary N) is 2. The van der Waals surface area contributed by atoms with E-state index in [2.05, 4.69) is 31.1 Å². The van der Waals surface area contributed by atoms with Gasteiger partial charge in [0, 0.05) is 24.2 Å². The summed E-state index contributed by atoms with van der Waals surface area (Å²) in [4.78, 5) is 1.13. The fourth-order valence-corrected chi connectivity index (χ4v) is 4.00. The van der Waals surface area contributed by atoms with Crippen LogP contribution < -0.4 is 10.0 Å². The van der Waals surface area contributed by atoms with E-state index in [-0.39, 0.29) is 11.4 Å². The van der Waals surface area contributed by atoms with Crippen molar-refractivity contribution < 1.29 is 8.42 Å². The van der Waals surface area contributed by atoms with Gasteiger partial charge >= 0.3 is 0 Å². The van der Waals surface area contributed by atoms with E-state index in [9.17, 15) is 8.42 Å². The second-order valence-electron chi connectivity index (χ2n) is 4.07. The van der Waals surface area contributed by atoms with Gasteiger partial charge in [0.1, 0.15) is 4.90 Å². The van der Waals surface area contributed by atoms with Crippen LogP contribution in [0, 0.1) is 0 Å². The van der Waals surface area contributed by atoms with Gasteiger partial charge < -0.3 is 5.32 Å². The average molecular weight is 379 g/mol. The lowest BCUT2D eigenvalue weighted by Crippen LogP contribution is -2.22. The molecule has 9 heteroatoms. The van der Waals surface area contributed by atoms with Crippen LogP contribution in [-0.2, 0) is 23.1 Å². The minimum atomic E-state index is -3.52. The summed E-state index contributed by atoms with van der Waals surface area (Å²) in [5, 5.41) is 7.02. The van der Waals surface area contributed by atoms with Crippen LogP contribution in [0.3, 0.4) is 0 Å². The van der Waals surface area contributed by atoms with Crippen LogP contribution in [0.2, 0.25) is 0 Å². The highest BCUT2D eigenvalue weighted by Gasteiger charge is 2.16. The Hall–Kier alpha value is -0.740. The van der Waals surface area contributed by atoms with E-state index in [0.29, 0.717) is 6.54 Å². The molecule has 0 bridgehead atoms. The van der Waals surface area contributed by atoms with Gasteiger partial charge in [-0.25, -0.2) is 13.1 Å². The van der Waals surface area contributed by atoms with Crippen LogP contribution in [-0.4, -0.2) is 31.8 Å². The minimum Gasteiger partial charge on any atom is -0.318 e. The zero-order valence-electron chi connectivity index (χ0n) is 10.8. The number of likely N-dealkylation sites (N-methyl/N-ethyl adjacent to an activating group) is 1. The van der Waals surface area contributed by atoms with Crippen molar-refractivity contribution in [1.82, 2.24) is 19.8 Å². The maximum absolute atomic E-state index is 12.1. The number of rotatable bonds is 7. The van der Waals surface area contributed by atoms with Crippen molar-refractivity contribution in [3.8, 4) is 0 Å². The standard InChI is InChI=1S/C11H15BrN4O2S2/c1-13-4-5-16-8-10(7-14-16)20(17,18)15-6-9-2-3-11(12)19-9/h2-3,7-8,13,15H,4-6H2,1H3. The van der Waals surface area contributed by atoms with Gasteiger partial charge in [-0.3, -0.25) is 4.68 Å². The molecule has 0 atom stereocenters. The predicted molar refractivity (Wildman–Crippen MR) is 82.2 cm³/mol. The number of aromatic nitrogens is 2. The van der Waals surface area contributed by atoms with Crippen LogP contribution >= 0.6 is 27.3 Å². The monoisotopic (exact) mass is 378 g/mol. The summed E-state index contributed by atoms with van der Waals surface area (Å²) < 4.78 is 29.4. The van der Waals surface area contributed by atoms with E-state index in [1.807, 2.05) is 19.2 Å². The SMILES string of the molecule is CNCCn1cc(S(=O)(=O)NCc2ccc(Br)s2)cn1. The number of thiophene rings is 1. The van der Waals surface area contributed by atoms with Gasteiger partial charge in [0.25, 0.3) is 0 Å². The fraction of sp³-hybridized carbons (Fsp3) is 0.364. The Balaban J connectivity index is 2.00. The van der Waals surface area contributed by atoms with Gasteiger partial charge in [-0.1, -0.05) is 0 Å². The molecule has 2 heterocycles. The Morgan fingerprint density at radius 3 is 2.90 bits per heavy atom. The third kappa shape index (κ3) is 4.13. The first-order chi connectivity index (χ1) is 9.51. The van der Waals surface area contributed by atoms with Crippen molar-refractivity contribution in [3.63, 3.8) is 0 Å². The van der Waals surface area contributed by atoms with Crippen LogP contribution in [0.5, 0.6) is 0 Å². The van der Waals surface area contributed by atoms with Gasteiger partial charge in [0.15, 0.2) is 0 Å². The minimum absolute atomic E-state index is 0.184. The molecular weight excluding hydrogens is 364 g/mol. The Kier molecular flexibility index (Phi) is 5.33. The Bertz CT molecular complexity index is 666. The predicted octanol–water partition coefficient (Wildman–Crippen LogP) is 1.41. The summed E-state index contributed by atoms with van der Waals surface area (Å²) in [5.41, 5.74) is 0. The maximum Gasteiger partial charge on any atom is 0.244 e. The highest BCUT2D eigenvalue weighted by molar-refractivity contribution is 9.11. The van der Waals surface area contributed by atoms with Gasteiger partial charge in [-0.15, -0.1) is 11.3 Å². The van der Waals surface area contributed by atoms with E-state index in [1.165, 1.54) is 23.7 Å². The number of hydrogen-bond acceptors (Lipinski definition) is 5. The van der Waals surface area contributed by atoms with Gasteiger partial charge in [0.2, 0.25) is 10.0 Å². The molecule has 0 aliphatic rings. The van der Waals surface area contributed by atoms with E-state index in [0.717, 1.165) is 15.2 Å². The summed E-state index contributed by atoms with van der Waals surface area (Å²) in [6.45, 7) is 1.64. The van der Waals surface area contributed by atoms with Crippen LogP contribution in [0.4, 0.5) is 0 Å². The normalized spacial score (nSPS) is 11.9. The summed E-state index contributed by atoms with van der Waals surface area (Å²) in [7, 11) is -1.68. The zero-order chi connectivity index (χ0) is 14.6. The lowest BCUT2D eigenvalue weighted by molar-refractivity contribution is 0.576. The molecule has 0 aromatic carbocycles. The first kappa shape index (κ1) is 15.6. The topological polar surface area (TPSA) is 76.0 Å². The molecule has 0 aliphatic heterocycles. The average Bonchev–Trinajstić information content (AvgIpc) is 3.03. The fourth-order valence-electron chi connectivity index (χ4n) is 1.53. The Morgan fingerprint density at radius 2 is 2.25 bits per heavy atom. The molecule has 0 amide bonds. The van der Waals surface area contributed by atoms with Crippen LogP contribution in [0.25, 0.3) is 0 Å². The molecule has 0 aliphatic carbocycles. The van der Waals surface area contributed by atoms with Crippen molar-refractivity contribution in [2.45, 2.75) is 18.0 Å². The van der Waals surface area contributed by atoms with Crippen molar-refractivity contribution >= 4 is 37.3 Å². The first-order valence-electron chi connectivity index (χ1n) is 5.92. The Labute approximate surface area is 130 Å². The smallest absolute Gasteiger partial charge is 0.244 e. The third-order valence-electron chi connectivity index (χ3n) is 2.58. The molecule has 0 saturated heterocycles. The number of nitrogens with zero attached hydrogens (tertiary/aromatic N) is 2. The molecular formula is C11H15BrN4O2S2. The number of hydrogen-bond donors (Lipinski definition) is 2. The molecule has 0 unspecified atom stereocenters. The molecule has 2 rings (SSSR count). The van der Waals surface area contributed by atoms with Crippen LogP contribution in [0.15, 0.2) is 33.2 Å². The number of sulfonamides is 1. The van der Waals surface area contributed by atoms with Crippen LogP contribution in [0.1, 0.15) is 4.88 Å². The molecule has 6 nitrogen and oxygen atoms in total. The zero-order valence-corrected chi connectivity index (χ0v) is 14.1. The molecule has 2 aromatic rings. The lowest BCUT2D eigenvalue weighted by Gasteiger charge is -2.03. The molecule has 110 valence electrons. The summed E-state index contributed by atoms with van der Waals surface area (Å²) >= 11 is 4.85. The molecule has 20 heavy (non-hydrogen) atoms. The van der Waals surface area contributed by atoms with Crippen molar-refractivity contribution in [3.05, 3.63) is 33.2 Å². The summed E-state index contributed by atoms with van der Waals surface area (Å²) in [6.07, 6.45) is 2.90. The quantitative estimate of drug-likeness (QED) is 0.763. The first-order valence-corrected chi connectivity index (χ1v) is 9.01. The molecule has 0 spiro atoms. The van der Waals surface area contributed by atoms with Gasteiger partial charge in [-0.2, -0.15) is 5.10 Å². The lowest BCUT2D eigenvalue weighted by atomic mass is 10.5. The van der Waals surface area contributed by atoms with Crippen molar-refractivity contribution in [2.24, 2.45) is 0 Å². The van der Waals surface area contributed by atoms with E-state index in [4.69, 9.17) is 0 Å². The van der Waals surface area contributed by atoms with Gasteiger partial charge in [0.05, 0.1) is 16.5 Å².